The van der Waals surface area contributed by atoms with Crippen LogP contribution < -0.4 is 9.64 Å². The third kappa shape index (κ3) is 5.41. The molecule has 2 fully saturated rings. The highest BCUT2D eigenvalue weighted by Crippen LogP contribution is 2.42. The Morgan fingerprint density at radius 2 is 1.70 bits per heavy atom. The van der Waals surface area contributed by atoms with E-state index >= 15 is 0 Å². The lowest BCUT2D eigenvalue weighted by molar-refractivity contribution is -0.122. The molecule has 0 spiro atoms. The van der Waals surface area contributed by atoms with Gasteiger partial charge in [-0.15, -0.1) is 0 Å². The summed E-state index contributed by atoms with van der Waals surface area (Å²) in [6.07, 6.45) is 2.45. The van der Waals surface area contributed by atoms with Crippen molar-refractivity contribution in [1.82, 2.24) is 4.98 Å². The minimum absolute atomic E-state index is 0.123. The molecule has 2 amide bonds. The number of hydrogen-bond acceptors (Lipinski definition) is 7. The fourth-order valence-electron chi connectivity index (χ4n) is 6.17. The number of carbonyl (C=O) groups is 4. The van der Waals surface area contributed by atoms with Gasteiger partial charge in [0.2, 0.25) is 11.8 Å². The average Bonchev–Trinajstić information content (AvgIpc) is 3.27. The topological polar surface area (TPSA) is 103 Å². The molecule has 1 saturated heterocycles. The van der Waals surface area contributed by atoms with E-state index in [2.05, 4.69) is 6.92 Å². The van der Waals surface area contributed by atoms with Gasteiger partial charge in [0.15, 0.2) is 12.4 Å². The molecule has 8 heteroatoms. The number of ketones is 1. The van der Waals surface area contributed by atoms with Crippen molar-refractivity contribution < 1.29 is 28.7 Å². The van der Waals surface area contributed by atoms with Gasteiger partial charge in [0, 0.05) is 16.5 Å². The van der Waals surface area contributed by atoms with E-state index in [9.17, 15) is 19.2 Å². The van der Waals surface area contributed by atoms with Crippen LogP contribution in [0.1, 0.15) is 52.5 Å². The van der Waals surface area contributed by atoms with Crippen molar-refractivity contribution in [2.45, 2.75) is 33.1 Å². The molecule has 1 aliphatic carbocycles. The van der Waals surface area contributed by atoms with Crippen LogP contribution in [0.2, 0.25) is 0 Å². The second-order valence-corrected chi connectivity index (χ2v) is 11.5. The van der Waals surface area contributed by atoms with E-state index in [0.29, 0.717) is 45.1 Å². The average molecular weight is 577 g/mol. The van der Waals surface area contributed by atoms with Crippen molar-refractivity contribution in [3.63, 3.8) is 0 Å². The van der Waals surface area contributed by atoms with Crippen LogP contribution in [0.15, 0.2) is 72.8 Å². The maximum atomic E-state index is 13.4. The molecule has 2 aliphatic rings. The summed E-state index contributed by atoms with van der Waals surface area (Å²) in [5, 5.41) is 0.615. The number of pyridine rings is 1. The number of benzene rings is 3. The normalized spacial score (nSPS) is 19.8. The van der Waals surface area contributed by atoms with E-state index in [1.54, 1.807) is 54.6 Å². The number of aryl methyl sites for hydroxylation is 1. The lowest BCUT2D eigenvalue weighted by Crippen LogP contribution is -2.30. The molecular weight excluding hydrogens is 544 g/mol. The SMILES string of the molecule is COc1cccc(C(=O)COC(=O)c2cc(-c3ccc(N4C(=O)[C@H]5CC[C@H](C)C[C@@H]5C4=O)cc3)nc3ccc(C)cc23)c1. The molecule has 1 aliphatic heterocycles. The molecule has 43 heavy (non-hydrogen) atoms. The number of methoxy groups -OCH3 is 1. The molecule has 1 saturated carbocycles. The van der Waals surface area contributed by atoms with Crippen molar-refractivity contribution in [3.05, 3.63) is 89.5 Å². The zero-order valence-corrected chi connectivity index (χ0v) is 24.3. The van der Waals surface area contributed by atoms with Crippen LogP contribution >= 0.6 is 0 Å². The standard InChI is InChI=1S/C35H32N2O6/c1-20-7-13-26-28(16-20)34(40)37(33(26)39)24-11-9-22(10-12-24)31-18-29(27-15-21(2)8-14-30(27)36-31)35(41)43-19-32(38)23-5-4-6-25(17-23)42-3/h4-6,8-12,14-15,17-18,20,26,28H,7,13,16,19H2,1-3H3/t20-,26-,28-/m0/s1. The molecule has 0 unspecified atom stereocenters. The van der Waals surface area contributed by atoms with Gasteiger partial charge in [0.05, 0.1) is 41.4 Å². The van der Waals surface area contributed by atoms with Gasteiger partial charge >= 0.3 is 5.97 Å². The van der Waals surface area contributed by atoms with Gasteiger partial charge in [-0.3, -0.25) is 19.3 Å². The molecule has 6 rings (SSSR count). The number of carbonyl (C=O) groups excluding carboxylic acids is 4. The summed E-state index contributed by atoms with van der Waals surface area (Å²) in [6.45, 7) is 3.63. The van der Waals surface area contributed by atoms with E-state index < -0.39 is 12.6 Å². The molecule has 3 aromatic carbocycles. The number of ether oxygens (including phenoxy) is 2. The van der Waals surface area contributed by atoms with E-state index in [4.69, 9.17) is 14.5 Å². The first-order chi connectivity index (χ1) is 20.7. The molecule has 3 atom stereocenters. The highest BCUT2D eigenvalue weighted by atomic mass is 16.5. The zero-order chi connectivity index (χ0) is 30.2. The number of rotatable bonds is 7. The summed E-state index contributed by atoms with van der Waals surface area (Å²) >= 11 is 0. The van der Waals surface area contributed by atoms with Crippen molar-refractivity contribution in [3.8, 4) is 17.0 Å². The summed E-state index contributed by atoms with van der Waals surface area (Å²) in [6, 6.07) is 21.0. The number of nitrogens with zero attached hydrogens (tertiary/aromatic N) is 2. The lowest BCUT2D eigenvalue weighted by Gasteiger charge is -2.25. The number of imide groups is 1. The zero-order valence-electron chi connectivity index (χ0n) is 24.3. The van der Waals surface area contributed by atoms with Crippen LogP contribution in [-0.2, 0) is 14.3 Å². The fraction of sp³-hybridized carbons (Fsp3) is 0.286. The Balaban J connectivity index is 1.27. The summed E-state index contributed by atoms with van der Waals surface area (Å²) in [7, 11) is 1.52. The Hall–Kier alpha value is -4.85. The van der Waals surface area contributed by atoms with Crippen LogP contribution in [0, 0.1) is 24.7 Å². The highest BCUT2D eigenvalue weighted by molar-refractivity contribution is 6.22. The number of amides is 2. The molecule has 1 aromatic heterocycles. The van der Waals surface area contributed by atoms with Gasteiger partial charge < -0.3 is 9.47 Å². The van der Waals surface area contributed by atoms with Crippen LogP contribution in [0.3, 0.4) is 0 Å². The first kappa shape index (κ1) is 28.3. The number of fused-ring (bicyclic) bond motifs is 2. The number of esters is 1. The van der Waals surface area contributed by atoms with Crippen LogP contribution in [0.4, 0.5) is 5.69 Å². The molecule has 2 heterocycles. The largest absolute Gasteiger partial charge is 0.497 e. The van der Waals surface area contributed by atoms with Crippen molar-refractivity contribution in [2.75, 3.05) is 18.6 Å². The Morgan fingerprint density at radius 1 is 0.930 bits per heavy atom. The van der Waals surface area contributed by atoms with Gasteiger partial charge in [-0.25, -0.2) is 9.78 Å². The first-order valence-corrected chi connectivity index (χ1v) is 14.5. The van der Waals surface area contributed by atoms with E-state index in [1.807, 2.05) is 25.1 Å². The number of anilines is 1. The molecule has 0 N–H and O–H groups in total. The Morgan fingerprint density at radius 3 is 2.47 bits per heavy atom. The summed E-state index contributed by atoms with van der Waals surface area (Å²) in [4.78, 5) is 58.5. The Kier molecular flexibility index (Phi) is 7.52. The van der Waals surface area contributed by atoms with Crippen molar-refractivity contribution >= 4 is 40.2 Å². The molecule has 218 valence electrons. The van der Waals surface area contributed by atoms with Crippen molar-refractivity contribution in [2.24, 2.45) is 17.8 Å². The van der Waals surface area contributed by atoms with Crippen LogP contribution in [-0.4, -0.2) is 42.3 Å². The Bertz CT molecular complexity index is 1760. The number of aromatic nitrogens is 1. The van der Waals surface area contributed by atoms with E-state index in [-0.39, 0.29) is 35.0 Å². The maximum Gasteiger partial charge on any atom is 0.339 e. The minimum atomic E-state index is -0.641. The van der Waals surface area contributed by atoms with Gasteiger partial charge in [-0.05, 0) is 74.6 Å². The van der Waals surface area contributed by atoms with E-state index in [0.717, 1.165) is 24.8 Å². The van der Waals surface area contributed by atoms with Gasteiger partial charge in [0.25, 0.3) is 0 Å². The molecular formula is C35H32N2O6. The predicted octanol–water partition coefficient (Wildman–Crippen LogP) is 6.18. The highest BCUT2D eigenvalue weighted by Gasteiger charge is 2.49. The smallest absolute Gasteiger partial charge is 0.339 e. The molecule has 0 radical (unpaired) electrons. The predicted molar refractivity (Wildman–Crippen MR) is 162 cm³/mol. The third-order valence-corrected chi connectivity index (χ3v) is 8.52. The quantitative estimate of drug-likeness (QED) is 0.147. The monoisotopic (exact) mass is 576 g/mol. The second-order valence-electron chi connectivity index (χ2n) is 11.5. The van der Waals surface area contributed by atoms with Gasteiger partial charge in [-0.1, -0.05) is 42.8 Å². The first-order valence-electron chi connectivity index (χ1n) is 14.5. The Labute approximate surface area is 249 Å². The third-order valence-electron chi connectivity index (χ3n) is 8.52. The minimum Gasteiger partial charge on any atom is -0.497 e. The fourth-order valence-corrected chi connectivity index (χ4v) is 6.17. The number of Topliss-reactive ketones (excluding diaryl/α,β-unsaturated/α-hetero) is 1. The van der Waals surface area contributed by atoms with Gasteiger partial charge in [-0.2, -0.15) is 0 Å². The summed E-state index contributed by atoms with van der Waals surface area (Å²) < 4.78 is 10.7. The second kappa shape index (κ2) is 11.4. The van der Waals surface area contributed by atoms with Crippen molar-refractivity contribution in [1.29, 1.82) is 0 Å². The molecule has 8 nitrogen and oxygen atoms in total. The van der Waals surface area contributed by atoms with Crippen LogP contribution in [0.25, 0.3) is 22.2 Å². The van der Waals surface area contributed by atoms with Gasteiger partial charge in [0.1, 0.15) is 5.75 Å². The number of hydrogen-bond donors (Lipinski definition) is 0. The maximum absolute atomic E-state index is 13.4. The summed E-state index contributed by atoms with van der Waals surface area (Å²) in [5.74, 6) is -0.748. The summed E-state index contributed by atoms with van der Waals surface area (Å²) in [5.41, 5.74) is 3.98. The van der Waals surface area contributed by atoms with E-state index in [1.165, 1.54) is 12.0 Å². The molecule has 0 bridgehead atoms. The molecule has 4 aromatic rings. The lowest BCUT2D eigenvalue weighted by atomic mass is 9.76. The van der Waals surface area contributed by atoms with Crippen LogP contribution in [0.5, 0.6) is 5.75 Å².